The van der Waals surface area contributed by atoms with E-state index in [1.54, 1.807) is 0 Å². The van der Waals surface area contributed by atoms with Crippen molar-refractivity contribution in [1.82, 2.24) is 0 Å². The highest BCUT2D eigenvalue weighted by atomic mass is 16.7. The quantitative estimate of drug-likeness (QED) is 0.0267. The normalized spacial score (nSPS) is 20.4. The molecule has 10 nitrogen and oxygen atoms in total. The van der Waals surface area contributed by atoms with Crippen LogP contribution in [0.4, 0.5) is 0 Å². The molecule has 1 heterocycles. The molecular formula is C51H86O10. The van der Waals surface area contributed by atoms with Gasteiger partial charge in [-0.2, -0.15) is 0 Å². The third-order valence-corrected chi connectivity index (χ3v) is 10.6. The average Bonchev–Trinajstić information content (AvgIpc) is 3.26. The number of aliphatic hydroxyl groups excluding tert-OH is 4. The molecular weight excluding hydrogens is 773 g/mol. The Hall–Kier alpha value is -2.86. The first-order valence-corrected chi connectivity index (χ1v) is 24.0. The number of rotatable bonds is 39. The summed E-state index contributed by atoms with van der Waals surface area (Å²) in [4.78, 5) is 25.4. The number of esters is 2. The summed E-state index contributed by atoms with van der Waals surface area (Å²) in [6.45, 7) is 3.25. The summed E-state index contributed by atoms with van der Waals surface area (Å²) in [5.74, 6) is -0.880. The fourth-order valence-corrected chi connectivity index (χ4v) is 6.81. The maximum atomic E-state index is 12.8. The summed E-state index contributed by atoms with van der Waals surface area (Å²) in [5, 5.41) is 40.1. The van der Waals surface area contributed by atoms with Crippen LogP contribution < -0.4 is 0 Å². The van der Waals surface area contributed by atoms with E-state index < -0.39 is 55.4 Å². The number of hydrogen-bond acceptors (Lipinski definition) is 10. The molecule has 0 saturated carbocycles. The number of carbonyl (C=O) groups is 2. The number of carbonyl (C=O) groups excluding carboxylic acids is 2. The van der Waals surface area contributed by atoms with E-state index in [9.17, 15) is 30.0 Å². The zero-order valence-corrected chi connectivity index (χ0v) is 38.1. The maximum Gasteiger partial charge on any atom is 0.306 e. The Morgan fingerprint density at radius 1 is 0.525 bits per heavy atom. The molecule has 0 spiro atoms. The molecule has 1 fully saturated rings. The van der Waals surface area contributed by atoms with Crippen molar-refractivity contribution in [1.29, 1.82) is 0 Å². The molecule has 0 aromatic heterocycles. The Balaban J connectivity index is 2.34. The lowest BCUT2D eigenvalue weighted by Crippen LogP contribution is -2.59. The van der Waals surface area contributed by atoms with Crippen LogP contribution in [0.25, 0.3) is 0 Å². The molecule has 6 atom stereocenters. The molecule has 61 heavy (non-hydrogen) atoms. The predicted molar refractivity (Wildman–Crippen MR) is 247 cm³/mol. The van der Waals surface area contributed by atoms with Gasteiger partial charge in [-0.25, -0.2) is 0 Å². The lowest BCUT2D eigenvalue weighted by Gasteiger charge is -2.39. The number of aliphatic hydroxyl groups is 4. The van der Waals surface area contributed by atoms with Crippen molar-refractivity contribution in [2.75, 3.05) is 19.8 Å². The topological polar surface area (TPSA) is 152 Å². The molecule has 0 amide bonds. The number of hydrogen-bond donors (Lipinski definition) is 4. The Bertz CT molecular complexity index is 1220. The van der Waals surface area contributed by atoms with Gasteiger partial charge in [0.05, 0.1) is 13.2 Å². The summed E-state index contributed by atoms with van der Waals surface area (Å²) in [7, 11) is 0. The van der Waals surface area contributed by atoms with E-state index in [1.165, 1.54) is 83.5 Å². The molecule has 4 N–H and O–H groups in total. The highest BCUT2D eigenvalue weighted by Gasteiger charge is 2.44. The predicted octanol–water partition coefficient (Wildman–Crippen LogP) is 10.8. The molecule has 0 bridgehead atoms. The number of ether oxygens (including phenoxy) is 4. The van der Waals surface area contributed by atoms with Crippen molar-refractivity contribution in [3.63, 3.8) is 0 Å². The minimum absolute atomic E-state index is 0.148. The van der Waals surface area contributed by atoms with E-state index in [4.69, 9.17) is 18.9 Å². The number of allylic oxidation sites excluding steroid dienone is 12. The Labute approximate surface area is 370 Å². The van der Waals surface area contributed by atoms with Crippen molar-refractivity contribution in [2.45, 2.75) is 218 Å². The van der Waals surface area contributed by atoms with E-state index in [-0.39, 0.29) is 26.1 Å². The highest BCUT2D eigenvalue weighted by Crippen LogP contribution is 2.22. The fraction of sp³-hybridized carbons (Fsp3) is 0.725. The molecule has 0 aliphatic carbocycles. The first-order chi connectivity index (χ1) is 29.8. The summed E-state index contributed by atoms with van der Waals surface area (Å²) in [5.41, 5.74) is 0. The van der Waals surface area contributed by atoms with Gasteiger partial charge in [0.15, 0.2) is 12.4 Å². The van der Waals surface area contributed by atoms with E-state index in [0.717, 1.165) is 51.4 Å². The van der Waals surface area contributed by atoms with Crippen LogP contribution >= 0.6 is 0 Å². The SMILES string of the molecule is CC/C=C/C/C=C/C/C=C/C/C=C/C/C=C/CCCC(=O)O[C@@H](COC(=O)CCCCCCCCCCC/C=C/CCCCCCCC)CO[C@H]1O[C@@H](CO)[C@@H](O)C(O)C1O. The van der Waals surface area contributed by atoms with Crippen LogP contribution in [-0.4, -0.2) is 89.0 Å². The van der Waals surface area contributed by atoms with E-state index >= 15 is 0 Å². The summed E-state index contributed by atoms with van der Waals surface area (Å²) >= 11 is 0. The third kappa shape index (κ3) is 32.5. The second-order valence-electron chi connectivity index (χ2n) is 16.2. The summed E-state index contributed by atoms with van der Waals surface area (Å²) in [6.07, 6.45) is 44.8. The molecule has 0 aromatic carbocycles. The van der Waals surface area contributed by atoms with Crippen LogP contribution in [0, 0.1) is 0 Å². The lowest BCUT2D eigenvalue weighted by atomic mass is 9.99. The molecule has 1 saturated heterocycles. The monoisotopic (exact) mass is 859 g/mol. The van der Waals surface area contributed by atoms with Gasteiger partial charge in [0.2, 0.25) is 0 Å². The second kappa shape index (κ2) is 41.2. The molecule has 0 radical (unpaired) electrons. The van der Waals surface area contributed by atoms with Crippen LogP contribution in [0.1, 0.15) is 181 Å². The molecule has 0 aromatic rings. The van der Waals surface area contributed by atoms with Crippen LogP contribution in [0.5, 0.6) is 0 Å². The summed E-state index contributed by atoms with van der Waals surface area (Å²) in [6, 6.07) is 0. The Kier molecular flexibility index (Phi) is 37.9. The molecule has 2 unspecified atom stereocenters. The minimum atomic E-state index is -1.61. The van der Waals surface area contributed by atoms with Gasteiger partial charge >= 0.3 is 11.9 Å². The van der Waals surface area contributed by atoms with Crippen molar-refractivity contribution in [2.24, 2.45) is 0 Å². The van der Waals surface area contributed by atoms with Crippen LogP contribution in [0.3, 0.4) is 0 Å². The Morgan fingerprint density at radius 3 is 1.52 bits per heavy atom. The fourth-order valence-electron chi connectivity index (χ4n) is 6.81. The third-order valence-electron chi connectivity index (χ3n) is 10.6. The van der Waals surface area contributed by atoms with Crippen molar-refractivity contribution in [3.05, 3.63) is 72.9 Å². The van der Waals surface area contributed by atoms with Gasteiger partial charge in [-0.05, 0) is 77.0 Å². The first-order valence-electron chi connectivity index (χ1n) is 24.0. The van der Waals surface area contributed by atoms with Gasteiger partial charge in [0.1, 0.15) is 31.0 Å². The van der Waals surface area contributed by atoms with Crippen molar-refractivity contribution in [3.8, 4) is 0 Å². The maximum absolute atomic E-state index is 12.8. The van der Waals surface area contributed by atoms with E-state index in [1.807, 2.05) is 6.08 Å². The zero-order chi connectivity index (χ0) is 44.4. The average molecular weight is 859 g/mol. The van der Waals surface area contributed by atoms with Gasteiger partial charge in [-0.1, -0.05) is 164 Å². The van der Waals surface area contributed by atoms with Crippen LogP contribution in [0.15, 0.2) is 72.9 Å². The molecule has 1 aliphatic rings. The van der Waals surface area contributed by atoms with E-state index in [2.05, 4.69) is 80.7 Å². The van der Waals surface area contributed by atoms with Crippen molar-refractivity contribution < 1.29 is 49.0 Å². The molecule has 1 aliphatic heterocycles. The first kappa shape index (κ1) is 56.2. The smallest absolute Gasteiger partial charge is 0.306 e. The minimum Gasteiger partial charge on any atom is -0.462 e. The zero-order valence-electron chi connectivity index (χ0n) is 38.1. The van der Waals surface area contributed by atoms with Gasteiger partial charge in [-0.15, -0.1) is 0 Å². The summed E-state index contributed by atoms with van der Waals surface area (Å²) < 4.78 is 22.1. The van der Waals surface area contributed by atoms with Gasteiger partial charge in [-0.3, -0.25) is 9.59 Å². The molecule has 1 rings (SSSR count). The molecule has 350 valence electrons. The highest BCUT2D eigenvalue weighted by molar-refractivity contribution is 5.70. The van der Waals surface area contributed by atoms with Gasteiger partial charge < -0.3 is 39.4 Å². The number of unbranched alkanes of at least 4 members (excludes halogenated alkanes) is 16. The van der Waals surface area contributed by atoms with Gasteiger partial charge in [0.25, 0.3) is 0 Å². The second-order valence-corrected chi connectivity index (χ2v) is 16.2. The van der Waals surface area contributed by atoms with Gasteiger partial charge in [0, 0.05) is 12.8 Å². The standard InChI is InChI=1S/C51H86O10/c1-3-5-7-9-11-13-15-17-19-21-22-24-25-27-29-31-33-35-37-39-46(53)58-42-44(43-59-51-50(57)49(56)48(55)45(41-52)61-51)60-47(54)40-38-36-34-32-30-28-26-23-20-18-16-14-12-10-8-6-4-2/h6,8,12,14,17-20,26,28,32,34,44-45,48-52,55-57H,3-5,7,9-11,13,15-16,21-25,27,29-31,33,35-43H2,1-2H3/b8-6+,14-12+,19-17+,20-18+,28-26+,34-32+/t44-,45-,48+,49?,50?,51-/m0/s1. The van der Waals surface area contributed by atoms with Crippen molar-refractivity contribution >= 4 is 11.9 Å². The lowest BCUT2D eigenvalue weighted by molar-refractivity contribution is -0.305. The largest absolute Gasteiger partial charge is 0.462 e. The molecule has 10 heteroatoms. The van der Waals surface area contributed by atoms with E-state index in [0.29, 0.717) is 19.3 Å². The van der Waals surface area contributed by atoms with Crippen LogP contribution in [-0.2, 0) is 28.5 Å². The van der Waals surface area contributed by atoms with Crippen LogP contribution in [0.2, 0.25) is 0 Å². The Morgan fingerprint density at radius 2 is 0.984 bits per heavy atom.